The maximum absolute atomic E-state index is 11.8. The van der Waals surface area contributed by atoms with Crippen molar-refractivity contribution in [3.63, 3.8) is 0 Å². The van der Waals surface area contributed by atoms with Gasteiger partial charge in [0, 0.05) is 17.2 Å². The molecule has 0 aliphatic rings. The van der Waals surface area contributed by atoms with Crippen LogP contribution in [0.25, 0.3) is 22.0 Å². The Morgan fingerprint density at radius 2 is 1.81 bits per heavy atom. The Balaban J connectivity index is 1.99. The fourth-order valence-electron chi connectivity index (χ4n) is 3.22. The third-order valence-corrected chi connectivity index (χ3v) is 4.82. The zero-order valence-corrected chi connectivity index (χ0v) is 18.0. The molecule has 0 aliphatic carbocycles. The first kappa shape index (κ1) is 22.4. The summed E-state index contributed by atoms with van der Waals surface area (Å²) in [6.07, 6.45) is 6.05. The van der Waals surface area contributed by atoms with Crippen LogP contribution in [0.5, 0.6) is 17.2 Å². The summed E-state index contributed by atoms with van der Waals surface area (Å²) in [5, 5.41) is 0.830. The number of amides is 1. The van der Waals surface area contributed by atoms with Gasteiger partial charge in [0.05, 0.1) is 19.7 Å². The van der Waals surface area contributed by atoms with Gasteiger partial charge in [-0.3, -0.25) is 9.78 Å². The molecule has 0 spiro atoms. The zero-order chi connectivity index (χ0) is 23.1. The highest BCUT2D eigenvalue weighted by molar-refractivity contribution is 5.96. The minimum absolute atomic E-state index is 0.0621. The zero-order valence-electron chi connectivity index (χ0n) is 18.0. The van der Waals surface area contributed by atoms with Crippen molar-refractivity contribution in [3.05, 3.63) is 84.7 Å². The van der Waals surface area contributed by atoms with Crippen LogP contribution >= 0.6 is 0 Å². The molecule has 0 saturated carbocycles. The van der Waals surface area contributed by atoms with Crippen LogP contribution in [0.3, 0.4) is 0 Å². The molecule has 7 nitrogen and oxygen atoms in total. The molecule has 0 aliphatic heterocycles. The van der Waals surface area contributed by atoms with Crippen LogP contribution in [-0.2, 0) is 4.79 Å². The molecule has 1 amide bonds. The summed E-state index contributed by atoms with van der Waals surface area (Å²) in [5.74, 6) is 1.24. The van der Waals surface area contributed by atoms with E-state index in [1.165, 1.54) is 18.4 Å². The van der Waals surface area contributed by atoms with Crippen LogP contribution in [0, 0.1) is 0 Å². The number of benzene rings is 2. The van der Waals surface area contributed by atoms with E-state index in [-0.39, 0.29) is 12.2 Å². The third kappa shape index (κ3) is 4.89. The summed E-state index contributed by atoms with van der Waals surface area (Å²) in [6, 6.07) is 13.3. The molecule has 4 N–H and O–H groups in total. The smallest absolute Gasteiger partial charge is 0.249 e. The van der Waals surface area contributed by atoms with Crippen LogP contribution in [-0.4, -0.2) is 31.7 Å². The number of fused-ring (bicyclic) bond motifs is 1. The van der Waals surface area contributed by atoms with Gasteiger partial charge in [0.15, 0.2) is 11.5 Å². The number of nitrogens with two attached hydrogens (primary N) is 2. The van der Waals surface area contributed by atoms with Crippen molar-refractivity contribution in [1.82, 2.24) is 4.98 Å². The fourth-order valence-corrected chi connectivity index (χ4v) is 3.22. The summed E-state index contributed by atoms with van der Waals surface area (Å²) >= 11 is 0. The van der Waals surface area contributed by atoms with E-state index >= 15 is 0 Å². The summed E-state index contributed by atoms with van der Waals surface area (Å²) < 4.78 is 16.8. The van der Waals surface area contributed by atoms with Crippen LogP contribution in [0.4, 0.5) is 0 Å². The Labute approximate surface area is 186 Å². The summed E-state index contributed by atoms with van der Waals surface area (Å²) in [6.45, 7) is 3.99. The predicted molar refractivity (Wildman–Crippen MR) is 126 cm³/mol. The molecule has 2 aromatic carbocycles. The van der Waals surface area contributed by atoms with Crippen molar-refractivity contribution in [1.29, 1.82) is 0 Å². The molecule has 3 aromatic rings. The first-order valence-corrected chi connectivity index (χ1v) is 9.79. The van der Waals surface area contributed by atoms with E-state index in [9.17, 15) is 4.79 Å². The number of carbonyl (C=O) groups excluding carboxylic acids is 1. The number of methoxy groups -OCH3 is 2. The Kier molecular flexibility index (Phi) is 7.13. The average Bonchev–Trinajstić information content (AvgIpc) is 2.81. The molecule has 0 radical (unpaired) electrons. The fraction of sp³-hybridized carbons (Fsp3) is 0.120. The molecule has 1 heterocycles. The highest BCUT2D eigenvalue weighted by Crippen LogP contribution is 2.36. The van der Waals surface area contributed by atoms with Crippen LogP contribution in [0.2, 0.25) is 0 Å². The monoisotopic (exact) mass is 431 g/mol. The Bertz CT molecular complexity index is 1220. The largest absolute Gasteiger partial charge is 0.493 e. The molecule has 164 valence electrons. The van der Waals surface area contributed by atoms with Gasteiger partial charge in [-0.15, -0.1) is 0 Å². The summed E-state index contributed by atoms with van der Waals surface area (Å²) in [4.78, 5) is 16.2. The van der Waals surface area contributed by atoms with Crippen LogP contribution in [0.1, 0.15) is 0 Å². The number of ether oxygens (including phenoxy) is 3. The van der Waals surface area contributed by atoms with E-state index in [1.54, 1.807) is 20.4 Å². The minimum atomic E-state index is -0.609. The number of rotatable bonds is 9. The maximum atomic E-state index is 11.8. The second-order valence-electron chi connectivity index (χ2n) is 6.84. The van der Waals surface area contributed by atoms with Crippen molar-refractivity contribution in [3.8, 4) is 28.4 Å². The number of hydrogen-bond acceptors (Lipinski definition) is 6. The molecule has 0 fully saturated rings. The summed E-state index contributed by atoms with van der Waals surface area (Å²) in [5.41, 5.74) is 14.0. The second-order valence-corrected chi connectivity index (χ2v) is 6.84. The van der Waals surface area contributed by atoms with Crippen molar-refractivity contribution < 1.29 is 19.0 Å². The van der Waals surface area contributed by atoms with Gasteiger partial charge in [0.25, 0.3) is 0 Å². The van der Waals surface area contributed by atoms with E-state index in [1.807, 2.05) is 42.5 Å². The lowest BCUT2D eigenvalue weighted by atomic mass is 10.0. The standard InChI is InChI=1S/C25H25N3O4/c1-16(19(25(27)29)6-4-10-26)15-32-23-14-18(12-21-20(23)7-5-11-28-21)17-8-9-22(30-2)24(13-17)31-3/h4-14H,1,15,26H2,2-3H3,(H2,27,29)/b10-4-,19-6+. The lowest BCUT2D eigenvalue weighted by Gasteiger charge is -2.14. The highest BCUT2D eigenvalue weighted by Gasteiger charge is 2.13. The van der Waals surface area contributed by atoms with Gasteiger partial charge in [0.1, 0.15) is 12.4 Å². The van der Waals surface area contributed by atoms with Gasteiger partial charge in [-0.05, 0) is 71.5 Å². The Morgan fingerprint density at radius 3 is 2.50 bits per heavy atom. The number of hydrogen-bond donors (Lipinski definition) is 2. The number of primary amides is 1. The molecular formula is C25H25N3O4. The summed E-state index contributed by atoms with van der Waals surface area (Å²) in [7, 11) is 3.18. The van der Waals surface area contributed by atoms with Crippen molar-refractivity contribution in [2.24, 2.45) is 11.5 Å². The van der Waals surface area contributed by atoms with E-state index in [4.69, 9.17) is 25.7 Å². The SMILES string of the molecule is C=C(COc1cc(-c2ccc(OC)c(OC)c2)cc2ncccc12)/C(=C\C=C/N)C(N)=O. The molecular weight excluding hydrogens is 406 g/mol. The van der Waals surface area contributed by atoms with Gasteiger partial charge in [0.2, 0.25) is 5.91 Å². The van der Waals surface area contributed by atoms with Crippen LogP contribution < -0.4 is 25.7 Å². The molecule has 1 aromatic heterocycles. The van der Waals surface area contributed by atoms with Gasteiger partial charge in [-0.2, -0.15) is 0 Å². The second kappa shape index (κ2) is 10.2. The van der Waals surface area contributed by atoms with E-state index in [0.29, 0.717) is 22.8 Å². The molecule has 7 heteroatoms. The predicted octanol–water partition coefficient (Wildman–Crippen LogP) is 3.74. The van der Waals surface area contributed by atoms with E-state index < -0.39 is 5.91 Å². The molecule has 0 unspecified atom stereocenters. The van der Waals surface area contributed by atoms with Gasteiger partial charge < -0.3 is 25.7 Å². The molecule has 0 bridgehead atoms. The van der Waals surface area contributed by atoms with Crippen molar-refractivity contribution in [2.45, 2.75) is 0 Å². The van der Waals surface area contributed by atoms with Gasteiger partial charge in [-0.1, -0.05) is 12.6 Å². The number of allylic oxidation sites excluding steroid dienone is 2. The number of carbonyl (C=O) groups is 1. The molecule has 0 atom stereocenters. The average molecular weight is 431 g/mol. The lowest BCUT2D eigenvalue weighted by Crippen LogP contribution is -2.18. The number of aromatic nitrogens is 1. The number of pyridine rings is 1. The van der Waals surface area contributed by atoms with Gasteiger partial charge >= 0.3 is 0 Å². The molecule has 0 saturated heterocycles. The van der Waals surface area contributed by atoms with Gasteiger partial charge in [-0.25, -0.2) is 0 Å². The molecule has 32 heavy (non-hydrogen) atoms. The normalized spacial score (nSPS) is 11.5. The Hall–Kier alpha value is -4.26. The maximum Gasteiger partial charge on any atom is 0.249 e. The quantitative estimate of drug-likeness (QED) is 0.395. The number of nitrogens with zero attached hydrogens (tertiary/aromatic N) is 1. The first-order valence-electron chi connectivity index (χ1n) is 9.79. The highest BCUT2D eigenvalue weighted by atomic mass is 16.5. The van der Waals surface area contributed by atoms with Crippen molar-refractivity contribution in [2.75, 3.05) is 20.8 Å². The van der Waals surface area contributed by atoms with Crippen LogP contribution in [0.15, 0.2) is 84.7 Å². The molecule has 3 rings (SSSR count). The minimum Gasteiger partial charge on any atom is -0.493 e. The lowest BCUT2D eigenvalue weighted by molar-refractivity contribution is -0.114. The van der Waals surface area contributed by atoms with Crippen molar-refractivity contribution >= 4 is 16.8 Å². The Morgan fingerprint density at radius 1 is 1.06 bits per heavy atom. The topological polar surface area (TPSA) is 110 Å². The first-order chi connectivity index (χ1) is 15.5. The third-order valence-electron chi connectivity index (χ3n) is 4.82. The van der Waals surface area contributed by atoms with E-state index in [2.05, 4.69) is 11.6 Å². The van der Waals surface area contributed by atoms with E-state index in [0.717, 1.165) is 22.0 Å².